The summed E-state index contributed by atoms with van der Waals surface area (Å²) in [5.74, 6) is 0.331. The molecular weight excluding hydrogens is 280 g/mol. The van der Waals surface area contributed by atoms with Crippen LogP contribution in [0.2, 0.25) is 0 Å². The monoisotopic (exact) mass is 294 g/mol. The van der Waals surface area contributed by atoms with Crippen molar-refractivity contribution in [3.8, 4) is 0 Å². The highest BCUT2D eigenvalue weighted by Gasteiger charge is 2.29. The summed E-state index contributed by atoms with van der Waals surface area (Å²) >= 11 is 1.47. The minimum absolute atomic E-state index is 0.162. The molecule has 106 valence electrons. The zero-order chi connectivity index (χ0) is 14.8. The van der Waals surface area contributed by atoms with E-state index in [-0.39, 0.29) is 17.3 Å². The molecule has 0 saturated heterocycles. The Morgan fingerprint density at radius 1 is 1.30 bits per heavy atom. The summed E-state index contributed by atoms with van der Waals surface area (Å²) < 4.78 is 0. The molecule has 0 amide bonds. The Morgan fingerprint density at radius 2 is 2.00 bits per heavy atom. The summed E-state index contributed by atoms with van der Waals surface area (Å²) in [4.78, 5) is 22.8. The molecule has 0 bridgehead atoms. The smallest absolute Gasteiger partial charge is 0.353 e. The molecule has 2 heterocycles. The molecule has 0 aliphatic heterocycles. The largest absolute Gasteiger partial charge is 0.367 e. The maximum Gasteiger partial charge on any atom is 0.353 e. The van der Waals surface area contributed by atoms with Crippen molar-refractivity contribution in [3.05, 3.63) is 33.0 Å². The van der Waals surface area contributed by atoms with Crippen molar-refractivity contribution in [1.82, 2.24) is 15.0 Å². The number of hydrogen-bond donors (Lipinski definition) is 2. The van der Waals surface area contributed by atoms with E-state index in [1.807, 2.05) is 19.2 Å². The van der Waals surface area contributed by atoms with Crippen LogP contribution >= 0.6 is 11.3 Å². The molecule has 0 aliphatic rings. The van der Waals surface area contributed by atoms with Crippen molar-refractivity contribution in [2.45, 2.75) is 19.4 Å². The number of rotatable bonds is 5. The first-order chi connectivity index (χ1) is 9.45. The Morgan fingerprint density at radius 3 is 2.55 bits per heavy atom. The van der Waals surface area contributed by atoms with Crippen LogP contribution in [0.5, 0.6) is 0 Å². The second-order valence-electron chi connectivity index (χ2n) is 4.51. The lowest BCUT2D eigenvalue weighted by molar-refractivity contribution is -0.383. The zero-order valence-corrected chi connectivity index (χ0v) is 12.1. The third kappa shape index (κ3) is 2.67. The Bertz CT molecular complexity index is 613. The maximum absolute atomic E-state index is 11.2. The van der Waals surface area contributed by atoms with E-state index in [4.69, 9.17) is 0 Å². The average Bonchev–Trinajstić information content (AvgIpc) is 2.92. The van der Waals surface area contributed by atoms with Gasteiger partial charge in [-0.25, -0.2) is 15.0 Å². The Hall–Kier alpha value is -2.29. The molecular formula is C11H14N6O2S. The molecule has 2 N–H and O–H groups in total. The molecule has 0 spiro atoms. The van der Waals surface area contributed by atoms with Gasteiger partial charge in [-0.15, -0.1) is 11.3 Å². The first-order valence-electron chi connectivity index (χ1n) is 5.81. The van der Waals surface area contributed by atoms with Crippen molar-refractivity contribution in [3.63, 3.8) is 0 Å². The van der Waals surface area contributed by atoms with Gasteiger partial charge in [-0.05, 0) is 13.8 Å². The van der Waals surface area contributed by atoms with Gasteiger partial charge in [0.15, 0.2) is 0 Å². The van der Waals surface area contributed by atoms with E-state index in [1.165, 1.54) is 17.7 Å². The lowest BCUT2D eigenvalue weighted by Gasteiger charge is -2.24. The SMILES string of the molecule is CNc1ncnc(NC(C)(C)c2nccs2)c1[N+](=O)[O-]. The van der Waals surface area contributed by atoms with Gasteiger partial charge in [-0.2, -0.15) is 0 Å². The first-order valence-corrected chi connectivity index (χ1v) is 6.69. The van der Waals surface area contributed by atoms with Crippen LogP contribution in [0.15, 0.2) is 17.9 Å². The third-order valence-corrected chi connectivity index (χ3v) is 3.74. The Labute approximate surface area is 119 Å². The van der Waals surface area contributed by atoms with Crippen LogP contribution in [-0.2, 0) is 5.54 Å². The highest BCUT2D eigenvalue weighted by atomic mass is 32.1. The molecule has 0 fully saturated rings. The van der Waals surface area contributed by atoms with Gasteiger partial charge in [0.25, 0.3) is 0 Å². The van der Waals surface area contributed by atoms with Gasteiger partial charge < -0.3 is 10.6 Å². The molecule has 2 aromatic heterocycles. The van der Waals surface area contributed by atoms with Crippen molar-refractivity contribution in [2.24, 2.45) is 0 Å². The molecule has 0 aliphatic carbocycles. The molecule has 2 rings (SSSR count). The number of anilines is 2. The quantitative estimate of drug-likeness (QED) is 0.643. The molecule has 2 aromatic rings. The van der Waals surface area contributed by atoms with Crippen LogP contribution in [0, 0.1) is 10.1 Å². The minimum Gasteiger partial charge on any atom is -0.367 e. The normalized spacial score (nSPS) is 11.2. The van der Waals surface area contributed by atoms with Crippen LogP contribution in [0.1, 0.15) is 18.9 Å². The fourth-order valence-corrected chi connectivity index (χ4v) is 2.43. The van der Waals surface area contributed by atoms with E-state index < -0.39 is 10.5 Å². The van der Waals surface area contributed by atoms with Crippen molar-refractivity contribution >= 4 is 28.7 Å². The van der Waals surface area contributed by atoms with Crippen molar-refractivity contribution < 1.29 is 4.92 Å². The highest BCUT2D eigenvalue weighted by molar-refractivity contribution is 7.09. The van der Waals surface area contributed by atoms with E-state index in [2.05, 4.69) is 25.6 Å². The summed E-state index contributed by atoms with van der Waals surface area (Å²) in [6.45, 7) is 3.77. The zero-order valence-electron chi connectivity index (χ0n) is 11.2. The molecule has 0 saturated carbocycles. The third-order valence-electron chi connectivity index (χ3n) is 2.64. The predicted molar refractivity (Wildman–Crippen MR) is 77.0 cm³/mol. The lowest BCUT2D eigenvalue weighted by atomic mass is 10.1. The lowest BCUT2D eigenvalue weighted by Crippen LogP contribution is -2.29. The van der Waals surface area contributed by atoms with Crippen LogP contribution in [-0.4, -0.2) is 26.9 Å². The van der Waals surface area contributed by atoms with E-state index in [0.29, 0.717) is 0 Å². The molecule has 0 radical (unpaired) electrons. The Kier molecular flexibility index (Phi) is 3.79. The number of nitrogens with zero attached hydrogens (tertiary/aromatic N) is 4. The summed E-state index contributed by atoms with van der Waals surface area (Å²) in [7, 11) is 1.57. The molecule has 0 aromatic carbocycles. The van der Waals surface area contributed by atoms with Gasteiger partial charge in [-0.1, -0.05) is 0 Å². The topological polar surface area (TPSA) is 106 Å². The molecule has 0 atom stereocenters. The summed E-state index contributed by atoms with van der Waals surface area (Å²) in [5, 5.41) is 19.6. The predicted octanol–water partition coefficient (Wildman–Crippen LogP) is 2.23. The molecule has 20 heavy (non-hydrogen) atoms. The van der Waals surface area contributed by atoms with Crippen LogP contribution < -0.4 is 10.6 Å². The van der Waals surface area contributed by atoms with Gasteiger partial charge in [0.05, 0.1) is 10.5 Å². The van der Waals surface area contributed by atoms with Gasteiger partial charge in [0, 0.05) is 18.6 Å². The molecule has 9 heteroatoms. The number of thiazole rings is 1. The number of hydrogen-bond acceptors (Lipinski definition) is 8. The summed E-state index contributed by atoms with van der Waals surface area (Å²) in [5.41, 5.74) is -0.752. The highest BCUT2D eigenvalue weighted by Crippen LogP contribution is 2.33. The number of nitrogens with one attached hydrogen (secondary N) is 2. The molecule has 0 unspecified atom stereocenters. The van der Waals surface area contributed by atoms with Gasteiger partial charge >= 0.3 is 5.69 Å². The summed E-state index contributed by atoms with van der Waals surface area (Å²) in [6.07, 6.45) is 2.97. The second kappa shape index (κ2) is 5.37. The fourth-order valence-electron chi connectivity index (χ4n) is 1.71. The van der Waals surface area contributed by atoms with Gasteiger partial charge in [-0.3, -0.25) is 10.1 Å². The van der Waals surface area contributed by atoms with E-state index in [1.54, 1.807) is 13.2 Å². The summed E-state index contributed by atoms with van der Waals surface area (Å²) in [6, 6.07) is 0. The van der Waals surface area contributed by atoms with Gasteiger partial charge in [0.1, 0.15) is 11.3 Å². The van der Waals surface area contributed by atoms with Gasteiger partial charge in [0.2, 0.25) is 11.6 Å². The Balaban J connectivity index is 2.41. The van der Waals surface area contributed by atoms with E-state index in [0.717, 1.165) is 5.01 Å². The maximum atomic E-state index is 11.2. The standard InChI is InChI=1S/C11H14N6O2S/c1-11(2,10-13-4-5-20-10)16-9-7(17(18)19)8(12-3)14-6-15-9/h4-6H,1-3H3,(H2,12,14,15,16). The number of aromatic nitrogens is 3. The van der Waals surface area contributed by atoms with Crippen LogP contribution in [0.25, 0.3) is 0 Å². The van der Waals surface area contributed by atoms with Crippen LogP contribution in [0.4, 0.5) is 17.3 Å². The first kappa shape index (κ1) is 14.1. The van der Waals surface area contributed by atoms with Crippen LogP contribution in [0.3, 0.4) is 0 Å². The van der Waals surface area contributed by atoms with E-state index >= 15 is 0 Å². The minimum atomic E-state index is -0.571. The van der Waals surface area contributed by atoms with Crippen molar-refractivity contribution in [1.29, 1.82) is 0 Å². The van der Waals surface area contributed by atoms with E-state index in [9.17, 15) is 10.1 Å². The van der Waals surface area contributed by atoms with Crippen molar-refractivity contribution in [2.75, 3.05) is 17.7 Å². The second-order valence-corrected chi connectivity index (χ2v) is 5.41. The number of nitro groups is 1. The fraction of sp³-hybridized carbons (Fsp3) is 0.364. The average molecular weight is 294 g/mol. The molecule has 8 nitrogen and oxygen atoms in total.